The normalized spacial score (nSPS) is 11.7. The van der Waals surface area contributed by atoms with Crippen LogP contribution in [0.4, 0.5) is 0 Å². The average Bonchev–Trinajstić information content (AvgIpc) is 2.71. The lowest BCUT2D eigenvalue weighted by atomic mass is 10.2. The number of hydrogen-bond donors (Lipinski definition) is 2. The Balaban J connectivity index is 2.13. The van der Waals surface area contributed by atoms with Gasteiger partial charge in [-0.05, 0) is 39.0 Å². The van der Waals surface area contributed by atoms with Crippen LogP contribution in [0.1, 0.15) is 31.1 Å². The van der Waals surface area contributed by atoms with Gasteiger partial charge in [-0.2, -0.15) is 15.4 Å². The first kappa shape index (κ1) is 11.5. The molecule has 90 valence electrons. The quantitative estimate of drug-likeness (QED) is 0.770. The number of aromatic amines is 1. The number of H-pyrrole nitrogens is 1. The third kappa shape index (κ3) is 2.79. The lowest BCUT2D eigenvalue weighted by Crippen LogP contribution is -2.33. The highest BCUT2D eigenvalue weighted by molar-refractivity contribution is 5.96. The average molecular weight is 234 g/mol. The summed E-state index contributed by atoms with van der Waals surface area (Å²) in [5.41, 5.74) is 3.82. The highest BCUT2D eigenvalue weighted by Crippen LogP contribution is 2.11. The number of amides is 1. The van der Waals surface area contributed by atoms with Gasteiger partial charge in [0, 0.05) is 5.56 Å². The van der Waals surface area contributed by atoms with Crippen molar-refractivity contribution in [2.24, 2.45) is 0 Å². The minimum atomic E-state index is -0.423. The molecule has 6 heteroatoms. The predicted octanol–water partition coefficient (Wildman–Crippen LogP) is 1.42. The Morgan fingerprint density at radius 3 is 2.71 bits per heavy atom. The van der Waals surface area contributed by atoms with Crippen LogP contribution in [0, 0.1) is 0 Å². The molecule has 0 bridgehead atoms. The highest BCUT2D eigenvalue weighted by atomic mass is 16.7. The summed E-state index contributed by atoms with van der Waals surface area (Å²) in [7, 11) is 0. The Bertz CT molecular complexity index is 542. The minimum Gasteiger partial charge on any atom is -0.268 e. The smallest absolute Gasteiger partial charge is 0.268 e. The van der Waals surface area contributed by atoms with E-state index in [1.165, 1.54) is 0 Å². The number of nitrogens with one attached hydrogen (secondary N) is 2. The first-order valence-electron chi connectivity index (χ1n) is 5.24. The van der Waals surface area contributed by atoms with Crippen molar-refractivity contribution in [2.45, 2.75) is 26.4 Å². The fourth-order valence-electron chi connectivity index (χ4n) is 1.24. The maximum Gasteiger partial charge on any atom is 0.274 e. The largest absolute Gasteiger partial charge is 0.274 e. The van der Waals surface area contributed by atoms with Gasteiger partial charge in [-0.3, -0.25) is 9.63 Å². The molecule has 1 aromatic heterocycles. The van der Waals surface area contributed by atoms with Gasteiger partial charge >= 0.3 is 0 Å². The van der Waals surface area contributed by atoms with Crippen LogP contribution in [0.15, 0.2) is 18.2 Å². The van der Waals surface area contributed by atoms with Gasteiger partial charge in [0.15, 0.2) is 0 Å². The Morgan fingerprint density at radius 1 is 1.29 bits per heavy atom. The van der Waals surface area contributed by atoms with Gasteiger partial charge in [-0.15, -0.1) is 0 Å². The Morgan fingerprint density at radius 2 is 2.00 bits per heavy atom. The summed E-state index contributed by atoms with van der Waals surface area (Å²) in [5, 5.41) is 10.3. The number of hydroxylamine groups is 1. The van der Waals surface area contributed by atoms with Crippen LogP contribution in [0.2, 0.25) is 0 Å². The molecule has 6 nitrogen and oxygen atoms in total. The fourth-order valence-corrected chi connectivity index (χ4v) is 1.24. The van der Waals surface area contributed by atoms with Crippen LogP contribution in [-0.4, -0.2) is 26.9 Å². The number of carbonyl (C=O) groups excluding carboxylic acids is 1. The molecule has 1 aromatic carbocycles. The zero-order valence-corrected chi connectivity index (χ0v) is 9.94. The first-order valence-corrected chi connectivity index (χ1v) is 5.24. The molecule has 1 heterocycles. The second-order valence-corrected chi connectivity index (χ2v) is 4.67. The van der Waals surface area contributed by atoms with E-state index in [-0.39, 0.29) is 5.91 Å². The van der Waals surface area contributed by atoms with Crippen LogP contribution in [0.5, 0.6) is 0 Å². The number of benzene rings is 1. The van der Waals surface area contributed by atoms with E-state index in [1.807, 2.05) is 20.8 Å². The van der Waals surface area contributed by atoms with Crippen LogP contribution in [0.25, 0.3) is 11.0 Å². The van der Waals surface area contributed by atoms with Crippen LogP contribution < -0.4 is 5.48 Å². The van der Waals surface area contributed by atoms with E-state index in [0.717, 1.165) is 5.52 Å². The van der Waals surface area contributed by atoms with Gasteiger partial charge in [-0.25, -0.2) is 5.48 Å². The van der Waals surface area contributed by atoms with Crippen LogP contribution in [0.3, 0.4) is 0 Å². The Labute approximate surface area is 98.3 Å². The highest BCUT2D eigenvalue weighted by Gasteiger charge is 2.14. The van der Waals surface area contributed by atoms with E-state index < -0.39 is 5.60 Å². The minimum absolute atomic E-state index is 0.301. The Hall–Kier alpha value is -1.95. The number of carbonyl (C=O) groups is 1. The standard InChI is InChI=1S/C11H14N4O2/c1-11(2,3)17-14-10(16)7-4-5-8-9(6-7)13-15-12-8/h4-6H,1-3H3,(H,14,16)(H,12,13,15). The molecule has 0 saturated heterocycles. The molecule has 0 radical (unpaired) electrons. The number of rotatable bonds is 2. The third-order valence-corrected chi connectivity index (χ3v) is 2.03. The second-order valence-electron chi connectivity index (χ2n) is 4.67. The van der Waals surface area contributed by atoms with Gasteiger partial charge in [-0.1, -0.05) is 0 Å². The molecule has 0 aliphatic rings. The predicted molar refractivity (Wildman–Crippen MR) is 62.2 cm³/mol. The second kappa shape index (κ2) is 4.14. The summed E-state index contributed by atoms with van der Waals surface area (Å²) in [5.74, 6) is -0.301. The zero-order valence-electron chi connectivity index (χ0n) is 9.94. The van der Waals surface area contributed by atoms with Crippen molar-refractivity contribution in [3.8, 4) is 0 Å². The molecule has 0 fully saturated rings. The van der Waals surface area contributed by atoms with Crippen molar-refractivity contribution in [3.05, 3.63) is 23.8 Å². The van der Waals surface area contributed by atoms with Crippen molar-refractivity contribution in [2.75, 3.05) is 0 Å². The summed E-state index contributed by atoms with van der Waals surface area (Å²) in [6.07, 6.45) is 0. The van der Waals surface area contributed by atoms with Gasteiger partial charge in [0.1, 0.15) is 11.0 Å². The van der Waals surface area contributed by atoms with E-state index in [2.05, 4.69) is 20.9 Å². The van der Waals surface area contributed by atoms with Crippen molar-refractivity contribution in [1.82, 2.24) is 20.9 Å². The van der Waals surface area contributed by atoms with Crippen molar-refractivity contribution >= 4 is 16.9 Å². The van der Waals surface area contributed by atoms with Crippen LogP contribution >= 0.6 is 0 Å². The topological polar surface area (TPSA) is 79.9 Å². The van der Waals surface area contributed by atoms with Crippen LogP contribution in [-0.2, 0) is 4.84 Å². The molecular formula is C11H14N4O2. The number of nitrogens with zero attached hydrogens (tertiary/aromatic N) is 2. The van der Waals surface area contributed by atoms with Gasteiger partial charge in [0.05, 0.1) is 5.60 Å². The van der Waals surface area contributed by atoms with Gasteiger partial charge in [0.25, 0.3) is 5.91 Å². The fraction of sp³-hybridized carbons (Fsp3) is 0.364. The molecule has 0 aliphatic carbocycles. The molecule has 0 atom stereocenters. The van der Waals surface area contributed by atoms with E-state index in [0.29, 0.717) is 11.1 Å². The summed E-state index contributed by atoms with van der Waals surface area (Å²) in [4.78, 5) is 17.0. The SMILES string of the molecule is CC(C)(C)ONC(=O)c1ccc2n[nH]nc2c1. The lowest BCUT2D eigenvalue weighted by Gasteiger charge is -2.18. The summed E-state index contributed by atoms with van der Waals surface area (Å²) >= 11 is 0. The molecular weight excluding hydrogens is 220 g/mol. The molecule has 0 aliphatic heterocycles. The molecule has 0 spiro atoms. The summed E-state index contributed by atoms with van der Waals surface area (Å²) < 4.78 is 0. The van der Waals surface area contributed by atoms with Crippen molar-refractivity contribution in [3.63, 3.8) is 0 Å². The molecule has 2 aromatic rings. The van der Waals surface area contributed by atoms with E-state index >= 15 is 0 Å². The molecule has 0 unspecified atom stereocenters. The number of hydrogen-bond acceptors (Lipinski definition) is 4. The van der Waals surface area contributed by atoms with E-state index in [1.54, 1.807) is 18.2 Å². The van der Waals surface area contributed by atoms with E-state index in [9.17, 15) is 4.79 Å². The van der Waals surface area contributed by atoms with Crippen molar-refractivity contribution in [1.29, 1.82) is 0 Å². The summed E-state index contributed by atoms with van der Waals surface area (Å²) in [6, 6.07) is 5.05. The molecule has 2 N–H and O–H groups in total. The van der Waals surface area contributed by atoms with Gasteiger partial charge < -0.3 is 0 Å². The summed E-state index contributed by atoms with van der Waals surface area (Å²) in [6.45, 7) is 5.57. The molecule has 17 heavy (non-hydrogen) atoms. The maximum atomic E-state index is 11.8. The third-order valence-electron chi connectivity index (χ3n) is 2.03. The molecule has 1 amide bonds. The lowest BCUT2D eigenvalue weighted by molar-refractivity contribution is -0.0589. The van der Waals surface area contributed by atoms with E-state index in [4.69, 9.17) is 4.84 Å². The van der Waals surface area contributed by atoms with Gasteiger partial charge in [0.2, 0.25) is 0 Å². The number of fused-ring (bicyclic) bond motifs is 1. The molecule has 2 rings (SSSR count). The first-order chi connectivity index (χ1) is 7.96. The monoisotopic (exact) mass is 234 g/mol. The van der Waals surface area contributed by atoms with Crippen molar-refractivity contribution < 1.29 is 9.63 Å². The Kier molecular flexibility index (Phi) is 2.81. The zero-order chi connectivity index (χ0) is 12.5. The number of aromatic nitrogens is 3. The molecule has 0 saturated carbocycles. The maximum absolute atomic E-state index is 11.8.